The zero-order chi connectivity index (χ0) is 9.30. The molecule has 0 aromatic heterocycles. The lowest BCUT2D eigenvalue weighted by molar-refractivity contribution is -0.922. The van der Waals surface area contributed by atoms with Crippen LogP contribution in [0.4, 0.5) is 0 Å². The van der Waals surface area contributed by atoms with Gasteiger partial charge in [0.25, 0.3) is 0 Å². The molecule has 2 N–H and O–H groups in total. The Morgan fingerprint density at radius 1 is 1.42 bits per heavy atom. The van der Waals surface area contributed by atoms with Crippen LogP contribution in [0.1, 0.15) is 27.2 Å². The average molecular weight is 172 g/mol. The molecule has 1 fully saturated rings. The fourth-order valence-corrected chi connectivity index (χ4v) is 2.67. The molecule has 1 aliphatic rings. The lowest BCUT2D eigenvalue weighted by atomic mass is 9.86. The molecule has 2 heteroatoms. The molecule has 4 atom stereocenters. The molecule has 0 aliphatic carbocycles. The SMILES string of the molecule is CC(C)[C@H]1[C@H](O)C[C@H](C)C[NH+]1C. The van der Waals surface area contributed by atoms with E-state index in [1.165, 1.54) is 11.4 Å². The molecule has 0 saturated carbocycles. The van der Waals surface area contributed by atoms with Crippen LogP contribution in [-0.4, -0.2) is 30.8 Å². The van der Waals surface area contributed by atoms with Gasteiger partial charge in [0.2, 0.25) is 0 Å². The number of likely N-dealkylation sites (N-methyl/N-ethyl adjacent to an activating group) is 1. The van der Waals surface area contributed by atoms with E-state index in [-0.39, 0.29) is 6.10 Å². The number of aliphatic hydroxyl groups is 1. The molecule has 0 aromatic carbocycles. The van der Waals surface area contributed by atoms with Crippen LogP contribution in [0.15, 0.2) is 0 Å². The van der Waals surface area contributed by atoms with Crippen molar-refractivity contribution in [3.63, 3.8) is 0 Å². The van der Waals surface area contributed by atoms with E-state index >= 15 is 0 Å². The van der Waals surface area contributed by atoms with Gasteiger partial charge in [-0.15, -0.1) is 0 Å². The summed E-state index contributed by atoms with van der Waals surface area (Å²) in [6.45, 7) is 7.84. The van der Waals surface area contributed by atoms with Gasteiger partial charge in [-0.05, 0) is 6.42 Å². The Hall–Kier alpha value is -0.0800. The van der Waals surface area contributed by atoms with Crippen LogP contribution in [-0.2, 0) is 0 Å². The summed E-state index contributed by atoms with van der Waals surface area (Å²) < 4.78 is 0. The summed E-state index contributed by atoms with van der Waals surface area (Å²) in [6, 6.07) is 0.446. The molecule has 1 rings (SSSR count). The Balaban J connectivity index is 2.60. The Morgan fingerprint density at radius 3 is 2.42 bits per heavy atom. The predicted molar refractivity (Wildman–Crippen MR) is 50.2 cm³/mol. The van der Waals surface area contributed by atoms with Gasteiger partial charge in [-0.1, -0.05) is 20.8 Å². The standard InChI is InChI=1S/C10H21NO/c1-7(2)10-9(12)5-8(3)6-11(10)4/h7-10,12H,5-6H2,1-4H3/p+1/t8-,9+,10-/m0/s1. The number of hydrogen-bond acceptors (Lipinski definition) is 1. The molecule has 1 aliphatic heterocycles. The van der Waals surface area contributed by atoms with Gasteiger partial charge in [0.15, 0.2) is 0 Å². The molecule has 0 amide bonds. The minimum atomic E-state index is -0.0891. The van der Waals surface area contributed by atoms with Crippen LogP contribution < -0.4 is 4.90 Å². The van der Waals surface area contributed by atoms with Crippen molar-refractivity contribution in [3.8, 4) is 0 Å². The van der Waals surface area contributed by atoms with Gasteiger partial charge in [0.05, 0.1) is 13.6 Å². The smallest absolute Gasteiger partial charge is 0.116 e. The van der Waals surface area contributed by atoms with Crippen LogP contribution in [0, 0.1) is 11.8 Å². The first-order valence-electron chi connectivity index (χ1n) is 5.02. The van der Waals surface area contributed by atoms with Crippen LogP contribution >= 0.6 is 0 Å². The van der Waals surface area contributed by atoms with Crippen molar-refractivity contribution in [2.45, 2.75) is 39.3 Å². The summed E-state index contributed by atoms with van der Waals surface area (Å²) in [5.74, 6) is 1.27. The highest BCUT2D eigenvalue weighted by molar-refractivity contribution is 4.76. The second kappa shape index (κ2) is 3.75. The first kappa shape index (κ1) is 10.0. The number of nitrogens with one attached hydrogen (secondary N) is 1. The molecule has 2 nitrogen and oxygen atoms in total. The molecular weight excluding hydrogens is 150 g/mol. The molecule has 1 unspecified atom stereocenters. The van der Waals surface area contributed by atoms with Crippen LogP contribution in [0.25, 0.3) is 0 Å². The molecule has 0 radical (unpaired) electrons. The van der Waals surface area contributed by atoms with Gasteiger partial charge in [0, 0.05) is 11.8 Å². The minimum Gasteiger partial charge on any atom is -0.387 e. The maximum Gasteiger partial charge on any atom is 0.116 e. The number of piperidine rings is 1. The summed E-state index contributed by atoms with van der Waals surface area (Å²) >= 11 is 0. The molecular formula is C10H22NO+. The molecule has 72 valence electrons. The number of aliphatic hydroxyl groups excluding tert-OH is 1. The van der Waals surface area contributed by atoms with E-state index < -0.39 is 0 Å². The van der Waals surface area contributed by atoms with Crippen molar-refractivity contribution >= 4 is 0 Å². The zero-order valence-electron chi connectivity index (χ0n) is 8.67. The fraction of sp³-hybridized carbons (Fsp3) is 1.00. The highest BCUT2D eigenvalue weighted by atomic mass is 16.3. The number of likely N-dealkylation sites (tertiary alicyclic amines) is 1. The Kier molecular flexibility index (Phi) is 3.13. The third kappa shape index (κ3) is 1.99. The van der Waals surface area contributed by atoms with Crippen molar-refractivity contribution in [1.29, 1.82) is 0 Å². The Labute approximate surface area is 75.6 Å². The third-order valence-electron chi connectivity index (χ3n) is 3.02. The molecule has 0 aromatic rings. The Morgan fingerprint density at radius 2 is 2.00 bits per heavy atom. The van der Waals surface area contributed by atoms with E-state index in [1.807, 2.05) is 0 Å². The Bertz CT molecular complexity index is 135. The van der Waals surface area contributed by atoms with E-state index in [1.54, 1.807) is 0 Å². The van der Waals surface area contributed by atoms with Gasteiger partial charge < -0.3 is 10.0 Å². The van der Waals surface area contributed by atoms with Crippen LogP contribution in [0.2, 0.25) is 0 Å². The monoisotopic (exact) mass is 172 g/mol. The average Bonchev–Trinajstić information content (AvgIpc) is 1.82. The highest BCUT2D eigenvalue weighted by Gasteiger charge is 2.36. The van der Waals surface area contributed by atoms with Gasteiger partial charge in [-0.2, -0.15) is 0 Å². The second-order valence-corrected chi connectivity index (χ2v) is 4.73. The van der Waals surface area contributed by atoms with E-state index in [4.69, 9.17) is 0 Å². The van der Waals surface area contributed by atoms with Gasteiger partial charge in [-0.25, -0.2) is 0 Å². The van der Waals surface area contributed by atoms with Crippen molar-refractivity contribution in [1.82, 2.24) is 0 Å². The van der Waals surface area contributed by atoms with E-state index in [9.17, 15) is 5.11 Å². The lowest BCUT2D eigenvalue weighted by Crippen LogP contribution is -3.17. The molecule has 1 saturated heterocycles. The number of hydrogen-bond donors (Lipinski definition) is 2. The second-order valence-electron chi connectivity index (χ2n) is 4.73. The first-order chi connectivity index (χ1) is 5.52. The quantitative estimate of drug-likeness (QED) is 0.568. The zero-order valence-corrected chi connectivity index (χ0v) is 8.67. The van der Waals surface area contributed by atoms with Crippen LogP contribution in [0.3, 0.4) is 0 Å². The maximum absolute atomic E-state index is 9.86. The summed E-state index contributed by atoms with van der Waals surface area (Å²) in [5.41, 5.74) is 0. The van der Waals surface area contributed by atoms with Crippen molar-refractivity contribution in [2.24, 2.45) is 11.8 Å². The summed E-state index contributed by atoms with van der Waals surface area (Å²) in [7, 11) is 2.20. The lowest BCUT2D eigenvalue weighted by Gasteiger charge is -2.38. The predicted octanol–water partition coefficient (Wildman–Crippen LogP) is -0.0736. The minimum absolute atomic E-state index is 0.0891. The topological polar surface area (TPSA) is 24.7 Å². The van der Waals surface area contributed by atoms with Crippen LogP contribution in [0.5, 0.6) is 0 Å². The highest BCUT2D eigenvalue weighted by Crippen LogP contribution is 2.15. The van der Waals surface area contributed by atoms with Gasteiger partial charge in [0.1, 0.15) is 12.1 Å². The van der Waals surface area contributed by atoms with E-state index in [0.29, 0.717) is 17.9 Å². The summed E-state index contributed by atoms with van der Waals surface area (Å²) in [5, 5.41) is 9.86. The molecule has 0 bridgehead atoms. The van der Waals surface area contributed by atoms with E-state index in [0.717, 1.165) is 6.42 Å². The normalized spacial score (nSPS) is 43.5. The van der Waals surface area contributed by atoms with Crippen molar-refractivity contribution in [3.05, 3.63) is 0 Å². The fourth-order valence-electron chi connectivity index (χ4n) is 2.67. The van der Waals surface area contributed by atoms with Crippen molar-refractivity contribution < 1.29 is 10.0 Å². The third-order valence-corrected chi connectivity index (χ3v) is 3.02. The van der Waals surface area contributed by atoms with Gasteiger partial charge in [-0.3, -0.25) is 0 Å². The van der Waals surface area contributed by atoms with Gasteiger partial charge >= 0.3 is 0 Å². The number of quaternary nitrogens is 1. The summed E-state index contributed by atoms with van der Waals surface area (Å²) in [6.07, 6.45) is 0.897. The first-order valence-corrected chi connectivity index (χ1v) is 5.02. The van der Waals surface area contributed by atoms with E-state index in [2.05, 4.69) is 27.8 Å². The molecule has 12 heavy (non-hydrogen) atoms. The number of rotatable bonds is 1. The molecule has 1 heterocycles. The molecule has 0 spiro atoms. The largest absolute Gasteiger partial charge is 0.387 e. The maximum atomic E-state index is 9.86. The van der Waals surface area contributed by atoms with Crippen molar-refractivity contribution in [2.75, 3.05) is 13.6 Å². The summed E-state index contributed by atoms with van der Waals surface area (Å²) in [4.78, 5) is 1.50.